The van der Waals surface area contributed by atoms with Gasteiger partial charge >= 0.3 is 0 Å². The van der Waals surface area contributed by atoms with Crippen molar-refractivity contribution in [3.05, 3.63) is 47.9 Å². The maximum absolute atomic E-state index is 12.2. The Balaban J connectivity index is 1.75. The molecule has 124 valence electrons. The van der Waals surface area contributed by atoms with E-state index in [0.717, 1.165) is 17.1 Å². The summed E-state index contributed by atoms with van der Waals surface area (Å²) in [4.78, 5) is 22.6. The Labute approximate surface area is 140 Å². The van der Waals surface area contributed by atoms with E-state index < -0.39 is 0 Å². The van der Waals surface area contributed by atoms with E-state index >= 15 is 0 Å². The summed E-state index contributed by atoms with van der Waals surface area (Å²) in [5.74, 6) is 1.33. The number of nitrogens with one attached hydrogen (secondary N) is 1. The molecule has 3 heterocycles. The van der Waals surface area contributed by atoms with Crippen LogP contribution in [0.1, 0.15) is 17.7 Å². The second-order valence-electron chi connectivity index (χ2n) is 5.85. The van der Waals surface area contributed by atoms with Crippen LogP contribution in [-0.4, -0.2) is 39.6 Å². The number of pyridine rings is 1. The van der Waals surface area contributed by atoms with E-state index in [1.165, 1.54) is 0 Å². The molecule has 0 saturated heterocycles. The number of nitrogens with zero attached hydrogens (tertiary/aromatic N) is 5. The lowest BCUT2D eigenvalue weighted by atomic mass is 10.1. The normalized spacial score (nSPS) is 10.8. The number of amides is 1. The van der Waals surface area contributed by atoms with Gasteiger partial charge in [-0.2, -0.15) is 9.61 Å². The zero-order valence-corrected chi connectivity index (χ0v) is 14.0. The molecule has 0 unspecified atom stereocenters. The number of fused-ring (bicyclic) bond motifs is 1. The van der Waals surface area contributed by atoms with Crippen molar-refractivity contribution in [2.75, 3.05) is 24.3 Å². The Morgan fingerprint density at radius 2 is 2.00 bits per heavy atom. The van der Waals surface area contributed by atoms with Crippen LogP contribution in [0, 0.1) is 6.92 Å². The SMILES string of the molecule is Cc1cc2nc(NC(=O)CCc3ccncc3)cc(N(C)C)n2n1. The van der Waals surface area contributed by atoms with Crippen LogP contribution >= 0.6 is 0 Å². The Morgan fingerprint density at radius 3 is 2.71 bits per heavy atom. The van der Waals surface area contributed by atoms with Gasteiger partial charge in [0, 0.05) is 45.0 Å². The fourth-order valence-corrected chi connectivity index (χ4v) is 2.47. The van der Waals surface area contributed by atoms with Gasteiger partial charge in [0.2, 0.25) is 5.91 Å². The number of hydrogen-bond donors (Lipinski definition) is 1. The molecule has 7 nitrogen and oxygen atoms in total. The highest BCUT2D eigenvalue weighted by molar-refractivity contribution is 5.90. The highest BCUT2D eigenvalue weighted by atomic mass is 16.1. The Bertz CT molecular complexity index is 856. The summed E-state index contributed by atoms with van der Waals surface area (Å²) < 4.78 is 1.77. The number of hydrogen-bond acceptors (Lipinski definition) is 5. The molecule has 1 amide bonds. The van der Waals surface area contributed by atoms with Crippen molar-refractivity contribution in [1.82, 2.24) is 19.6 Å². The van der Waals surface area contributed by atoms with Gasteiger partial charge in [-0.25, -0.2) is 4.98 Å². The lowest BCUT2D eigenvalue weighted by Gasteiger charge is -2.15. The quantitative estimate of drug-likeness (QED) is 0.777. The predicted octanol–water partition coefficient (Wildman–Crippen LogP) is 2.07. The van der Waals surface area contributed by atoms with Crippen molar-refractivity contribution in [3.8, 4) is 0 Å². The van der Waals surface area contributed by atoms with E-state index in [9.17, 15) is 4.79 Å². The summed E-state index contributed by atoms with van der Waals surface area (Å²) >= 11 is 0. The zero-order valence-electron chi connectivity index (χ0n) is 14.0. The Morgan fingerprint density at radius 1 is 1.25 bits per heavy atom. The van der Waals surface area contributed by atoms with Gasteiger partial charge in [0.25, 0.3) is 0 Å². The molecule has 3 aromatic rings. The van der Waals surface area contributed by atoms with Gasteiger partial charge in [-0.05, 0) is 31.0 Å². The molecule has 0 saturated carbocycles. The van der Waals surface area contributed by atoms with E-state index in [1.54, 1.807) is 16.9 Å². The van der Waals surface area contributed by atoms with Crippen molar-refractivity contribution in [3.63, 3.8) is 0 Å². The fraction of sp³-hybridized carbons (Fsp3) is 0.294. The van der Waals surface area contributed by atoms with Crippen LogP contribution in [0.2, 0.25) is 0 Å². The molecule has 0 aliphatic rings. The fourth-order valence-electron chi connectivity index (χ4n) is 2.47. The maximum Gasteiger partial charge on any atom is 0.225 e. The van der Waals surface area contributed by atoms with Gasteiger partial charge in [0.15, 0.2) is 5.65 Å². The van der Waals surface area contributed by atoms with E-state index in [4.69, 9.17) is 0 Å². The maximum atomic E-state index is 12.2. The van der Waals surface area contributed by atoms with Crippen molar-refractivity contribution in [2.45, 2.75) is 19.8 Å². The molecule has 3 aromatic heterocycles. The van der Waals surface area contributed by atoms with E-state index in [-0.39, 0.29) is 5.91 Å². The van der Waals surface area contributed by atoms with Crippen LogP contribution in [-0.2, 0) is 11.2 Å². The molecule has 0 atom stereocenters. The summed E-state index contributed by atoms with van der Waals surface area (Å²) in [6.45, 7) is 1.92. The van der Waals surface area contributed by atoms with Crippen molar-refractivity contribution >= 4 is 23.2 Å². The highest BCUT2D eigenvalue weighted by Gasteiger charge is 2.11. The van der Waals surface area contributed by atoms with Gasteiger partial charge < -0.3 is 10.2 Å². The molecule has 0 radical (unpaired) electrons. The molecule has 0 aliphatic carbocycles. The smallest absolute Gasteiger partial charge is 0.225 e. The first kappa shape index (κ1) is 15.9. The van der Waals surface area contributed by atoms with Crippen molar-refractivity contribution in [1.29, 1.82) is 0 Å². The topological polar surface area (TPSA) is 75.4 Å². The summed E-state index contributed by atoms with van der Waals surface area (Å²) in [7, 11) is 3.86. The molecule has 0 aliphatic heterocycles. The monoisotopic (exact) mass is 324 g/mol. The molecule has 0 spiro atoms. The molecular weight excluding hydrogens is 304 g/mol. The molecule has 1 N–H and O–H groups in total. The van der Waals surface area contributed by atoms with Crippen LogP contribution in [0.3, 0.4) is 0 Å². The average molecular weight is 324 g/mol. The third-order valence-electron chi connectivity index (χ3n) is 3.65. The van der Waals surface area contributed by atoms with Crippen molar-refractivity contribution < 1.29 is 4.79 Å². The van der Waals surface area contributed by atoms with Gasteiger partial charge in [-0.3, -0.25) is 9.78 Å². The van der Waals surface area contributed by atoms with E-state index in [0.29, 0.717) is 24.3 Å². The van der Waals surface area contributed by atoms with Crippen LogP contribution in [0.15, 0.2) is 36.7 Å². The molecule has 0 fully saturated rings. The summed E-state index contributed by atoms with van der Waals surface area (Å²) in [6.07, 6.45) is 4.53. The molecule has 24 heavy (non-hydrogen) atoms. The first-order valence-electron chi connectivity index (χ1n) is 7.76. The second kappa shape index (κ2) is 6.66. The number of aryl methyl sites for hydroxylation is 2. The number of anilines is 2. The Kier molecular flexibility index (Phi) is 4.41. The first-order valence-corrected chi connectivity index (χ1v) is 7.76. The second-order valence-corrected chi connectivity index (χ2v) is 5.85. The number of carbonyl (C=O) groups excluding carboxylic acids is 1. The minimum atomic E-state index is -0.0652. The van der Waals surface area contributed by atoms with E-state index in [1.807, 2.05) is 50.2 Å². The van der Waals surface area contributed by atoms with Gasteiger partial charge in [0.05, 0.1) is 5.69 Å². The van der Waals surface area contributed by atoms with Gasteiger partial charge in [-0.15, -0.1) is 0 Å². The number of aromatic nitrogens is 4. The Hall–Kier alpha value is -2.96. The van der Waals surface area contributed by atoms with Crippen LogP contribution in [0.5, 0.6) is 0 Å². The molecule has 0 aromatic carbocycles. The van der Waals surface area contributed by atoms with Crippen molar-refractivity contribution in [2.24, 2.45) is 0 Å². The molecule has 0 bridgehead atoms. The largest absolute Gasteiger partial charge is 0.363 e. The third-order valence-corrected chi connectivity index (χ3v) is 3.65. The summed E-state index contributed by atoms with van der Waals surface area (Å²) in [6, 6.07) is 7.54. The predicted molar refractivity (Wildman–Crippen MR) is 93.2 cm³/mol. The minimum absolute atomic E-state index is 0.0652. The van der Waals surface area contributed by atoms with Crippen LogP contribution in [0.4, 0.5) is 11.6 Å². The van der Waals surface area contributed by atoms with Gasteiger partial charge in [0.1, 0.15) is 11.6 Å². The average Bonchev–Trinajstić information content (AvgIpc) is 2.93. The molecular formula is C17H20N6O. The third kappa shape index (κ3) is 3.51. The molecule has 7 heteroatoms. The van der Waals surface area contributed by atoms with E-state index in [2.05, 4.69) is 20.4 Å². The first-order chi connectivity index (χ1) is 11.5. The number of rotatable bonds is 5. The lowest BCUT2D eigenvalue weighted by molar-refractivity contribution is -0.116. The summed E-state index contributed by atoms with van der Waals surface area (Å²) in [5.41, 5.74) is 2.68. The van der Waals surface area contributed by atoms with Crippen LogP contribution < -0.4 is 10.2 Å². The van der Waals surface area contributed by atoms with Gasteiger partial charge in [-0.1, -0.05) is 0 Å². The summed E-state index contributed by atoms with van der Waals surface area (Å²) in [5, 5.41) is 7.30. The highest BCUT2D eigenvalue weighted by Crippen LogP contribution is 2.19. The zero-order chi connectivity index (χ0) is 17.1. The lowest BCUT2D eigenvalue weighted by Crippen LogP contribution is -2.17. The number of carbonyl (C=O) groups is 1. The minimum Gasteiger partial charge on any atom is -0.363 e. The standard InChI is InChI=1S/C17H20N6O/c1-12-10-15-19-14(11-17(22(2)3)23(15)21-12)20-16(24)5-4-13-6-8-18-9-7-13/h6-11H,4-5H2,1-3H3,(H,19,20,24). The molecule has 3 rings (SSSR count). The van der Waals surface area contributed by atoms with Crippen LogP contribution in [0.25, 0.3) is 5.65 Å².